The molecule has 1 aliphatic heterocycles. The molecule has 0 fully saturated rings. The summed E-state index contributed by atoms with van der Waals surface area (Å²) in [6, 6.07) is 0. The molecular formula is C12H22NO3+. The van der Waals surface area contributed by atoms with Crippen LogP contribution < -0.4 is 0 Å². The number of carbonyl (C=O) groups excluding carboxylic acids is 1. The van der Waals surface area contributed by atoms with Gasteiger partial charge in [-0.25, -0.2) is 4.58 Å². The molecule has 0 N–H and O–H groups in total. The Hall–Kier alpha value is -1.06. The highest BCUT2D eigenvalue weighted by Gasteiger charge is 2.37. The number of rotatable bonds is 4. The van der Waals surface area contributed by atoms with Crippen LogP contribution in [0.15, 0.2) is 0 Å². The molecule has 1 atom stereocenters. The zero-order valence-electron chi connectivity index (χ0n) is 10.5. The Morgan fingerprint density at radius 1 is 1.38 bits per heavy atom. The summed E-state index contributed by atoms with van der Waals surface area (Å²) < 4.78 is 12.8. The maximum absolute atomic E-state index is 11.8. The molecule has 0 saturated carbocycles. The second kappa shape index (κ2) is 6.51. The first kappa shape index (κ1) is 13.0. The van der Waals surface area contributed by atoms with Crippen LogP contribution in [0.1, 0.15) is 33.6 Å². The van der Waals surface area contributed by atoms with Crippen LogP contribution >= 0.6 is 0 Å². The van der Waals surface area contributed by atoms with Crippen molar-refractivity contribution in [2.24, 2.45) is 5.92 Å². The minimum absolute atomic E-state index is 0.149. The largest absolute Gasteiger partial charge is 0.465 e. The molecule has 0 radical (unpaired) electrons. The lowest BCUT2D eigenvalue weighted by atomic mass is 9.99. The van der Waals surface area contributed by atoms with Crippen LogP contribution in [0.4, 0.5) is 0 Å². The highest BCUT2D eigenvalue weighted by molar-refractivity contribution is 5.95. The minimum Gasteiger partial charge on any atom is -0.465 e. The van der Waals surface area contributed by atoms with E-state index in [1.54, 1.807) is 0 Å². The van der Waals surface area contributed by atoms with Crippen LogP contribution in [0.5, 0.6) is 0 Å². The Morgan fingerprint density at radius 2 is 2.12 bits per heavy atom. The predicted molar refractivity (Wildman–Crippen MR) is 61.7 cm³/mol. The fourth-order valence-corrected chi connectivity index (χ4v) is 2.06. The van der Waals surface area contributed by atoms with E-state index in [0.717, 1.165) is 31.8 Å². The van der Waals surface area contributed by atoms with E-state index >= 15 is 0 Å². The van der Waals surface area contributed by atoms with Crippen LogP contribution in [0.3, 0.4) is 0 Å². The van der Waals surface area contributed by atoms with E-state index in [0.29, 0.717) is 13.2 Å². The third kappa shape index (κ3) is 2.97. The molecule has 4 nitrogen and oxygen atoms in total. The van der Waals surface area contributed by atoms with Crippen molar-refractivity contribution in [2.75, 3.05) is 26.3 Å². The topological polar surface area (TPSA) is 38.5 Å². The zero-order chi connectivity index (χ0) is 12.0. The van der Waals surface area contributed by atoms with Gasteiger partial charge in [-0.05, 0) is 27.2 Å². The maximum Gasteiger partial charge on any atom is 0.350 e. The number of nitrogens with zero attached hydrogens (tertiary/aromatic N) is 1. The van der Waals surface area contributed by atoms with Crippen LogP contribution in [-0.4, -0.2) is 42.7 Å². The van der Waals surface area contributed by atoms with Gasteiger partial charge in [-0.15, -0.1) is 0 Å². The van der Waals surface area contributed by atoms with Crippen molar-refractivity contribution in [2.45, 2.75) is 33.6 Å². The summed E-state index contributed by atoms with van der Waals surface area (Å²) in [5.74, 6) is 0.451. The molecule has 1 aliphatic rings. The number of hydrogen-bond donors (Lipinski definition) is 0. The lowest BCUT2D eigenvalue weighted by Crippen LogP contribution is -2.40. The average molecular weight is 228 g/mol. The molecule has 0 aromatic rings. The molecule has 1 heterocycles. The maximum atomic E-state index is 11.8. The highest BCUT2D eigenvalue weighted by Crippen LogP contribution is 2.17. The first-order valence-corrected chi connectivity index (χ1v) is 6.15. The zero-order valence-corrected chi connectivity index (χ0v) is 10.5. The number of carbonyl (C=O) groups is 1. The molecule has 92 valence electrons. The minimum atomic E-state index is -0.200. The Bertz CT molecular complexity index is 273. The molecule has 0 aromatic heterocycles. The highest BCUT2D eigenvalue weighted by atomic mass is 16.5. The summed E-state index contributed by atoms with van der Waals surface area (Å²) in [6.45, 7) is 8.73. The summed E-state index contributed by atoms with van der Waals surface area (Å²) in [6.07, 6.45) is 1.86. The molecule has 0 amide bonds. The van der Waals surface area contributed by atoms with Crippen molar-refractivity contribution in [1.82, 2.24) is 0 Å². The molecule has 4 heteroatoms. The fraction of sp³-hybridized carbons (Fsp3) is 0.833. The molecule has 0 spiro atoms. The van der Waals surface area contributed by atoms with Crippen molar-refractivity contribution >= 4 is 11.9 Å². The Morgan fingerprint density at radius 3 is 2.69 bits per heavy atom. The van der Waals surface area contributed by atoms with E-state index in [-0.39, 0.29) is 11.9 Å². The normalized spacial score (nSPS) is 20.8. The van der Waals surface area contributed by atoms with Crippen molar-refractivity contribution in [3.05, 3.63) is 0 Å². The Labute approximate surface area is 97.2 Å². The van der Waals surface area contributed by atoms with Crippen LogP contribution in [0, 0.1) is 5.92 Å². The smallest absolute Gasteiger partial charge is 0.350 e. The SMILES string of the molecule is CCOC(=O)C1CCC[N+](CC)=C1OCC. The monoisotopic (exact) mass is 228 g/mol. The van der Waals surface area contributed by atoms with Gasteiger partial charge in [0.1, 0.15) is 13.1 Å². The van der Waals surface area contributed by atoms with E-state index in [9.17, 15) is 4.79 Å². The van der Waals surface area contributed by atoms with Gasteiger partial charge in [0.25, 0.3) is 0 Å². The molecule has 1 unspecified atom stereocenters. The van der Waals surface area contributed by atoms with E-state index in [1.807, 2.05) is 13.8 Å². The van der Waals surface area contributed by atoms with Crippen molar-refractivity contribution < 1.29 is 18.8 Å². The molecule has 0 bridgehead atoms. The summed E-state index contributed by atoms with van der Waals surface area (Å²) >= 11 is 0. The second-order valence-electron chi connectivity index (χ2n) is 3.80. The summed E-state index contributed by atoms with van der Waals surface area (Å²) in [4.78, 5) is 11.8. The first-order chi connectivity index (χ1) is 7.74. The standard InChI is InChI=1S/C12H22NO3/c1-4-13-9-7-8-10(11(13)15-5-2)12(14)16-6-3/h10H,4-9H2,1-3H3/q+1. The fourth-order valence-electron chi connectivity index (χ4n) is 2.06. The number of esters is 1. The number of ether oxygens (including phenoxy) is 2. The molecular weight excluding hydrogens is 206 g/mol. The van der Waals surface area contributed by atoms with Gasteiger partial charge in [0, 0.05) is 6.42 Å². The van der Waals surface area contributed by atoms with Crippen LogP contribution in [0.2, 0.25) is 0 Å². The van der Waals surface area contributed by atoms with Gasteiger partial charge in [0.15, 0.2) is 5.92 Å². The Kier molecular flexibility index (Phi) is 5.29. The van der Waals surface area contributed by atoms with Crippen molar-refractivity contribution in [3.8, 4) is 0 Å². The summed E-state index contributed by atoms with van der Waals surface area (Å²) in [7, 11) is 0. The molecule has 1 rings (SSSR count). The Balaban J connectivity index is 2.84. The van der Waals surface area contributed by atoms with Crippen LogP contribution in [0.25, 0.3) is 0 Å². The lowest BCUT2D eigenvalue weighted by Gasteiger charge is -2.20. The predicted octanol–water partition coefficient (Wildman–Crippen LogP) is 1.43. The van der Waals surface area contributed by atoms with E-state index < -0.39 is 0 Å². The summed E-state index contributed by atoms with van der Waals surface area (Å²) in [5.41, 5.74) is 0. The average Bonchev–Trinajstić information content (AvgIpc) is 2.30. The quantitative estimate of drug-likeness (QED) is 0.539. The van der Waals surface area contributed by atoms with Crippen molar-refractivity contribution in [3.63, 3.8) is 0 Å². The third-order valence-corrected chi connectivity index (χ3v) is 2.78. The van der Waals surface area contributed by atoms with E-state index in [2.05, 4.69) is 11.5 Å². The first-order valence-electron chi connectivity index (χ1n) is 6.15. The molecule has 16 heavy (non-hydrogen) atoms. The lowest BCUT2D eigenvalue weighted by molar-refractivity contribution is -0.540. The van der Waals surface area contributed by atoms with E-state index in [4.69, 9.17) is 9.47 Å². The van der Waals surface area contributed by atoms with Gasteiger partial charge in [0.05, 0.1) is 13.2 Å². The number of hydrogen-bond acceptors (Lipinski definition) is 3. The van der Waals surface area contributed by atoms with Gasteiger partial charge in [-0.3, -0.25) is 4.79 Å². The molecule has 0 aromatic carbocycles. The van der Waals surface area contributed by atoms with Crippen molar-refractivity contribution in [1.29, 1.82) is 0 Å². The van der Waals surface area contributed by atoms with Gasteiger partial charge < -0.3 is 9.47 Å². The molecule has 0 saturated heterocycles. The second-order valence-corrected chi connectivity index (χ2v) is 3.80. The van der Waals surface area contributed by atoms with Gasteiger partial charge in [-0.2, -0.15) is 0 Å². The third-order valence-electron chi connectivity index (χ3n) is 2.78. The van der Waals surface area contributed by atoms with E-state index in [1.165, 1.54) is 0 Å². The molecule has 0 aliphatic carbocycles. The van der Waals surface area contributed by atoms with Gasteiger partial charge in [-0.1, -0.05) is 0 Å². The van der Waals surface area contributed by atoms with Gasteiger partial charge in [0.2, 0.25) is 0 Å². The van der Waals surface area contributed by atoms with Gasteiger partial charge >= 0.3 is 11.9 Å². The van der Waals surface area contributed by atoms with Crippen LogP contribution in [-0.2, 0) is 14.3 Å². The summed E-state index contributed by atoms with van der Waals surface area (Å²) in [5, 5.41) is 0.